The Hall–Kier alpha value is -1.04. The SMILES string of the molecule is C1=CCC(C2CCC3C=CC=CC32)=C1. The van der Waals surface area contributed by atoms with Crippen molar-refractivity contribution in [3.05, 3.63) is 48.1 Å². The molecule has 0 amide bonds. The van der Waals surface area contributed by atoms with E-state index < -0.39 is 0 Å². The third kappa shape index (κ3) is 1.21. The van der Waals surface area contributed by atoms with Crippen LogP contribution in [0.3, 0.4) is 0 Å². The van der Waals surface area contributed by atoms with E-state index in [1.54, 1.807) is 5.57 Å². The summed E-state index contributed by atoms with van der Waals surface area (Å²) in [6.45, 7) is 0. The van der Waals surface area contributed by atoms with Crippen molar-refractivity contribution in [3.8, 4) is 0 Å². The Balaban J connectivity index is 1.83. The molecule has 3 aliphatic rings. The van der Waals surface area contributed by atoms with Crippen LogP contribution in [-0.4, -0.2) is 0 Å². The van der Waals surface area contributed by atoms with E-state index in [9.17, 15) is 0 Å². The van der Waals surface area contributed by atoms with Crippen LogP contribution in [0, 0.1) is 17.8 Å². The number of fused-ring (bicyclic) bond motifs is 1. The van der Waals surface area contributed by atoms with Gasteiger partial charge in [0.15, 0.2) is 0 Å². The van der Waals surface area contributed by atoms with Crippen LogP contribution >= 0.6 is 0 Å². The van der Waals surface area contributed by atoms with E-state index in [0.29, 0.717) is 0 Å². The first-order valence-corrected chi connectivity index (χ1v) is 5.66. The largest absolute Gasteiger partial charge is 0.0808 e. The molecule has 0 radical (unpaired) electrons. The molecule has 0 heterocycles. The average Bonchev–Trinajstić information content (AvgIpc) is 2.85. The Bertz CT molecular complexity index is 341. The molecule has 0 bridgehead atoms. The molecular formula is C14H16. The lowest BCUT2D eigenvalue weighted by Crippen LogP contribution is -2.14. The van der Waals surface area contributed by atoms with Crippen LogP contribution in [0.15, 0.2) is 48.1 Å². The van der Waals surface area contributed by atoms with Gasteiger partial charge in [-0.05, 0) is 37.0 Å². The van der Waals surface area contributed by atoms with Crippen molar-refractivity contribution in [2.24, 2.45) is 17.8 Å². The summed E-state index contributed by atoms with van der Waals surface area (Å²) in [6.07, 6.45) is 20.0. The van der Waals surface area contributed by atoms with Crippen molar-refractivity contribution in [2.75, 3.05) is 0 Å². The first-order valence-electron chi connectivity index (χ1n) is 5.66. The first kappa shape index (κ1) is 8.28. The van der Waals surface area contributed by atoms with Crippen molar-refractivity contribution >= 4 is 0 Å². The van der Waals surface area contributed by atoms with Gasteiger partial charge >= 0.3 is 0 Å². The first-order chi connectivity index (χ1) is 6.95. The second-order valence-corrected chi connectivity index (χ2v) is 4.57. The Kier molecular flexibility index (Phi) is 1.93. The molecule has 1 fully saturated rings. The molecule has 3 aliphatic carbocycles. The summed E-state index contributed by atoms with van der Waals surface area (Å²) in [4.78, 5) is 0. The molecule has 0 aliphatic heterocycles. The fraction of sp³-hybridized carbons (Fsp3) is 0.429. The summed E-state index contributed by atoms with van der Waals surface area (Å²) in [7, 11) is 0. The molecule has 0 saturated heterocycles. The van der Waals surface area contributed by atoms with Crippen molar-refractivity contribution in [2.45, 2.75) is 19.3 Å². The Labute approximate surface area is 85.7 Å². The van der Waals surface area contributed by atoms with Crippen molar-refractivity contribution in [3.63, 3.8) is 0 Å². The molecule has 3 unspecified atom stereocenters. The fourth-order valence-corrected chi connectivity index (χ4v) is 3.13. The summed E-state index contributed by atoms with van der Waals surface area (Å²) in [6, 6.07) is 0. The van der Waals surface area contributed by atoms with E-state index in [-0.39, 0.29) is 0 Å². The smallest absolute Gasteiger partial charge is 0.0101 e. The highest BCUT2D eigenvalue weighted by Crippen LogP contribution is 2.45. The zero-order valence-corrected chi connectivity index (χ0v) is 8.39. The molecule has 0 aromatic carbocycles. The molecule has 0 spiro atoms. The average molecular weight is 184 g/mol. The van der Waals surface area contributed by atoms with E-state index in [1.807, 2.05) is 0 Å². The molecule has 0 N–H and O–H groups in total. The van der Waals surface area contributed by atoms with Gasteiger partial charge in [-0.15, -0.1) is 0 Å². The van der Waals surface area contributed by atoms with E-state index >= 15 is 0 Å². The lowest BCUT2D eigenvalue weighted by Gasteiger charge is -2.22. The number of hydrogen-bond donors (Lipinski definition) is 0. The van der Waals surface area contributed by atoms with Gasteiger partial charge in [-0.25, -0.2) is 0 Å². The molecule has 0 aromatic heterocycles. The van der Waals surface area contributed by atoms with Gasteiger partial charge < -0.3 is 0 Å². The number of rotatable bonds is 1. The highest BCUT2D eigenvalue weighted by Gasteiger charge is 2.35. The van der Waals surface area contributed by atoms with Gasteiger partial charge in [0.2, 0.25) is 0 Å². The highest BCUT2D eigenvalue weighted by molar-refractivity contribution is 5.30. The van der Waals surface area contributed by atoms with Crippen LogP contribution in [0.5, 0.6) is 0 Å². The molecule has 3 rings (SSSR count). The van der Waals surface area contributed by atoms with Gasteiger partial charge in [-0.3, -0.25) is 0 Å². The Morgan fingerprint density at radius 3 is 2.79 bits per heavy atom. The Morgan fingerprint density at radius 2 is 1.93 bits per heavy atom. The van der Waals surface area contributed by atoms with Crippen LogP contribution in [0.2, 0.25) is 0 Å². The van der Waals surface area contributed by atoms with E-state index in [1.165, 1.54) is 19.3 Å². The summed E-state index contributed by atoms with van der Waals surface area (Å²) >= 11 is 0. The summed E-state index contributed by atoms with van der Waals surface area (Å²) < 4.78 is 0. The van der Waals surface area contributed by atoms with Gasteiger partial charge in [0.05, 0.1) is 0 Å². The zero-order valence-electron chi connectivity index (χ0n) is 8.39. The van der Waals surface area contributed by atoms with Crippen LogP contribution < -0.4 is 0 Å². The van der Waals surface area contributed by atoms with Gasteiger partial charge in [0, 0.05) is 0 Å². The van der Waals surface area contributed by atoms with E-state index in [2.05, 4.69) is 42.5 Å². The standard InChI is InChI=1S/C14H16/c1-2-6-11(5-1)14-10-9-12-7-3-4-8-13(12)14/h1-5,7-8,12-14H,6,9-10H2. The van der Waals surface area contributed by atoms with Crippen LogP contribution in [0.25, 0.3) is 0 Å². The molecule has 14 heavy (non-hydrogen) atoms. The third-order valence-electron chi connectivity index (χ3n) is 3.85. The predicted molar refractivity (Wildman–Crippen MR) is 59.8 cm³/mol. The Morgan fingerprint density at radius 1 is 1.00 bits per heavy atom. The topological polar surface area (TPSA) is 0 Å². The van der Waals surface area contributed by atoms with Gasteiger partial charge in [0.1, 0.15) is 0 Å². The maximum absolute atomic E-state index is 2.42. The summed E-state index contributed by atoms with van der Waals surface area (Å²) in [5.41, 5.74) is 1.66. The molecule has 3 atom stereocenters. The molecule has 0 aromatic rings. The lowest BCUT2D eigenvalue weighted by molar-refractivity contribution is 0.466. The fourth-order valence-electron chi connectivity index (χ4n) is 3.13. The number of allylic oxidation sites excluding steroid dienone is 8. The van der Waals surface area contributed by atoms with Crippen molar-refractivity contribution in [1.29, 1.82) is 0 Å². The molecular weight excluding hydrogens is 168 g/mol. The number of hydrogen-bond acceptors (Lipinski definition) is 0. The maximum Gasteiger partial charge on any atom is -0.0101 e. The maximum atomic E-state index is 2.42. The van der Waals surface area contributed by atoms with Crippen LogP contribution in [0.4, 0.5) is 0 Å². The van der Waals surface area contributed by atoms with Gasteiger partial charge in [-0.1, -0.05) is 48.1 Å². The summed E-state index contributed by atoms with van der Waals surface area (Å²) in [5.74, 6) is 2.45. The molecule has 1 saturated carbocycles. The molecule has 72 valence electrons. The minimum Gasteiger partial charge on any atom is -0.0808 e. The van der Waals surface area contributed by atoms with Crippen molar-refractivity contribution in [1.82, 2.24) is 0 Å². The second kappa shape index (κ2) is 3.27. The van der Waals surface area contributed by atoms with E-state index in [0.717, 1.165) is 17.8 Å². The van der Waals surface area contributed by atoms with Gasteiger partial charge in [-0.2, -0.15) is 0 Å². The van der Waals surface area contributed by atoms with Crippen LogP contribution in [-0.2, 0) is 0 Å². The zero-order chi connectivity index (χ0) is 9.38. The van der Waals surface area contributed by atoms with E-state index in [4.69, 9.17) is 0 Å². The molecule has 0 nitrogen and oxygen atoms in total. The minimum atomic E-state index is 0.797. The van der Waals surface area contributed by atoms with Crippen molar-refractivity contribution < 1.29 is 0 Å². The lowest BCUT2D eigenvalue weighted by atomic mass is 9.82. The quantitative estimate of drug-likeness (QED) is 0.583. The summed E-state index contributed by atoms with van der Waals surface area (Å²) in [5, 5.41) is 0. The van der Waals surface area contributed by atoms with Gasteiger partial charge in [0.25, 0.3) is 0 Å². The highest BCUT2D eigenvalue weighted by atomic mass is 14.4. The third-order valence-corrected chi connectivity index (χ3v) is 3.85. The second-order valence-electron chi connectivity index (χ2n) is 4.57. The monoisotopic (exact) mass is 184 g/mol. The predicted octanol–water partition coefficient (Wildman–Crippen LogP) is 3.64. The van der Waals surface area contributed by atoms with Crippen LogP contribution in [0.1, 0.15) is 19.3 Å². The normalized spacial score (nSPS) is 38.9. The molecule has 0 heteroatoms. The minimum absolute atomic E-state index is 0.797.